The van der Waals surface area contributed by atoms with Gasteiger partial charge in [0.15, 0.2) is 0 Å². The highest BCUT2D eigenvalue weighted by Gasteiger charge is 2.30. The number of halogens is 1. The number of benzene rings is 1. The summed E-state index contributed by atoms with van der Waals surface area (Å²) in [6.45, 7) is 8.91. The first-order valence-corrected chi connectivity index (χ1v) is 11.8. The van der Waals surface area contributed by atoms with Crippen LogP contribution in [0, 0.1) is 18.7 Å². The van der Waals surface area contributed by atoms with Crippen LogP contribution in [-0.4, -0.2) is 64.2 Å². The maximum Gasteiger partial charge on any atom is 0.410 e. The van der Waals surface area contributed by atoms with E-state index in [2.05, 4.69) is 10.1 Å². The molecule has 2 amide bonds. The molecule has 2 aromatic heterocycles. The summed E-state index contributed by atoms with van der Waals surface area (Å²) in [6, 6.07) is 7.66. The van der Waals surface area contributed by atoms with Crippen LogP contribution >= 0.6 is 0 Å². The van der Waals surface area contributed by atoms with Crippen molar-refractivity contribution in [1.29, 1.82) is 0 Å². The van der Waals surface area contributed by atoms with Crippen LogP contribution in [0.5, 0.6) is 0 Å². The summed E-state index contributed by atoms with van der Waals surface area (Å²) in [6.07, 6.45) is 1.37. The number of piperidine rings is 1. The van der Waals surface area contributed by atoms with E-state index in [1.54, 1.807) is 37.1 Å². The molecule has 0 N–H and O–H groups in total. The second-order valence-corrected chi connectivity index (χ2v) is 10.1. The Morgan fingerprint density at radius 2 is 1.97 bits per heavy atom. The van der Waals surface area contributed by atoms with Crippen LogP contribution in [0.1, 0.15) is 49.7 Å². The minimum atomic E-state index is -0.564. The third kappa shape index (κ3) is 5.61. The number of carbonyl (C=O) groups excluding carboxylic acids is 2. The fourth-order valence-corrected chi connectivity index (χ4v) is 4.40. The first kappa shape index (κ1) is 24.6. The summed E-state index contributed by atoms with van der Waals surface area (Å²) in [5.74, 6) is -0.364. The number of hydrogen-bond acceptors (Lipinski definition) is 6. The van der Waals surface area contributed by atoms with Gasteiger partial charge in [0.1, 0.15) is 11.4 Å². The summed E-state index contributed by atoms with van der Waals surface area (Å²) >= 11 is 0. The molecular weight excluding hydrogens is 451 g/mol. The van der Waals surface area contributed by atoms with Crippen molar-refractivity contribution in [3.8, 4) is 11.3 Å². The van der Waals surface area contributed by atoms with Crippen molar-refractivity contribution in [3.05, 3.63) is 47.4 Å². The molecule has 1 atom stereocenters. The van der Waals surface area contributed by atoms with Crippen LogP contribution in [0.15, 0.2) is 34.9 Å². The molecule has 0 unspecified atom stereocenters. The molecule has 1 aliphatic rings. The summed E-state index contributed by atoms with van der Waals surface area (Å²) in [5, 5.41) is 4.59. The Kier molecular flexibility index (Phi) is 6.78. The van der Waals surface area contributed by atoms with Gasteiger partial charge >= 0.3 is 6.09 Å². The fraction of sp³-hybridized carbons (Fsp3) is 0.462. The topological polar surface area (TPSA) is 88.8 Å². The lowest BCUT2D eigenvalue weighted by molar-refractivity contribution is 0.0244. The van der Waals surface area contributed by atoms with E-state index in [4.69, 9.17) is 9.26 Å². The van der Waals surface area contributed by atoms with Crippen molar-refractivity contribution >= 4 is 23.1 Å². The van der Waals surface area contributed by atoms with Crippen molar-refractivity contribution in [1.82, 2.24) is 19.9 Å². The van der Waals surface area contributed by atoms with E-state index in [9.17, 15) is 14.0 Å². The Morgan fingerprint density at radius 3 is 2.66 bits per heavy atom. The molecule has 0 radical (unpaired) electrons. The first-order chi connectivity index (χ1) is 16.5. The van der Waals surface area contributed by atoms with Gasteiger partial charge in [-0.3, -0.25) is 4.79 Å². The number of nitrogens with zero attached hydrogens (tertiary/aromatic N) is 4. The molecule has 0 spiro atoms. The molecule has 1 aliphatic heterocycles. The van der Waals surface area contributed by atoms with Gasteiger partial charge in [-0.25, -0.2) is 14.2 Å². The number of ether oxygens (including phenoxy) is 1. The monoisotopic (exact) mass is 482 g/mol. The Morgan fingerprint density at radius 1 is 1.26 bits per heavy atom. The number of amides is 2. The fourth-order valence-electron chi connectivity index (χ4n) is 4.40. The first-order valence-electron chi connectivity index (χ1n) is 11.8. The van der Waals surface area contributed by atoms with E-state index >= 15 is 0 Å². The summed E-state index contributed by atoms with van der Waals surface area (Å²) in [4.78, 5) is 34.0. The molecular formula is C26H31FN4O4. The highest BCUT2D eigenvalue weighted by Crippen LogP contribution is 2.29. The molecule has 3 heterocycles. The number of rotatable bonds is 4. The zero-order chi connectivity index (χ0) is 25.3. The minimum absolute atomic E-state index is 0.127. The van der Waals surface area contributed by atoms with Gasteiger partial charge in [-0.1, -0.05) is 5.16 Å². The number of aryl methyl sites for hydroxylation is 1. The van der Waals surface area contributed by atoms with E-state index in [-0.39, 0.29) is 29.4 Å². The van der Waals surface area contributed by atoms with E-state index < -0.39 is 5.60 Å². The van der Waals surface area contributed by atoms with Gasteiger partial charge in [0.25, 0.3) is 11.6 Å². The van der Waals surface area contributed by atoms with Gasteiger partial charge in [0.2, 0.25) is 0 Å². The molecule has 0 saturated carbocycles. The Labute approximate surface area is 204 Å². The number of aromatic nitrogens is 2. The average molecular weight is 483 g/mol. The Bertz CT molecular complexity index is 1230. The lowest BCUT2D eigenvalue weighted by Crippen LogP contribution is -2.45. The zero-order valence-electron chi connectivity index (χ0n) is 20.8. The smallest absolute Gasteiger partial charge is 0.410 e. The Balaban J connectivity index is 1.57. The number of fused-ring (bicyclic) bond motifs is 1. The normalized spacial score (nSPS) is 16.4. The highest BCUT2D eigenvalue weighted by molar-refractivity contribution is 6.07. The van der Waals surface area contributed by atoms with Crippen molar-refractivity contribution in [3.63, 3.8) is 0 Å². The molecule has 1 fully saturated rings. The van der Waals surface area contributed by atoms with E-state index in [1.165, 1.54) is 12.1 Å². The number of hydrogen-bond donors (Lipinski definition) is 0. The van der Waals surface area contributed by atoms with Crippen molar-refractivity contribution in [2.24, 2.45) is 5.92 Å². The summed E-state index contributed by atoms with van der Waals surface area (Å²) in [7, 11) is 1.72. The van der Waals surface area contributed by atoms with Crippen LogP contribution in [0.4, 0.5) is 9.18 Å². The molecule has 3 aromatic rings. The van der Waals surface area contributed by atoms with Crippen molar-refractivity contribution in [2.75, 3.05) is 26.7 Å². The van der Waals surface area contributed by atoms with Gasteiger partial charge in [-0.2, -0.15) is 0 Å². The molecule has 0 bridgehead atoms. The number of likely N-dealkylation sites (tertiary alicyclic amines) is 1. The second kappa shape index (κ2) is 9.64. The van der Waals surface area contributed by atoms with Gasteiger partial charge in [-0.05, 0) is 76.8 Å². The van der Waals surface area contributed by atoms with Crippen molar-refractivity contribution < 1.29 is 23.2 Å². The van der Waals surface area contributed by atoms with Crippen LogP contribution in [0.2, 0.25) is 0 Å². The maximum absolute atomic E-state index is 13.7. The third-order valence-electron chi connectivity index (χ3n) is 6.03. The van der Waals surface area contributed by atoms with Crippen LogP contribution in [0.25, 0.3) is 22.4 Å². The van der Waals surface area contributed by atoms with Gasteiger partial charge in [0, 0.05) is 32.2 Å². The van der Waals surface area contributed by atoms with Gasteiger partial charge in [-0.15, -0.1) is 0 Å². The van der Waals surface area contributed by atoms with Crippen LogP contribution in [-0.2, 0) is 4.74 Å². The number of carbonyl (C=O) groups is 2. The molecule has 1 aromatic carbocycles. The lowest BCUT2D eigenvalue weighted by Gasteiger charge is -2.35. The number of pyridine rings is 1. The second-order valence-electron chi connectivity index (χ2n) is 10.1. The molecule has 186 valence electrons. The van der Waals surface area contributed by atoms with E-state index in [0.29, 0.717) is 47.5 Å². The Hall–Kier alpha value is -3.49. The van der Waals surface area contributed by atoms with Crippen LogP contribution in [0.3, 0.4) is 0 Å². The maximum atomic E-state index is 13.7. The predicted molar refractivity (Wildman–Crippen MR) is 129 cm³/mol. The largest absolute Gasteiger partial charge is 0.444 e. The standard InChI is InChI=1S/C26H31FN4O4/c1-16-22-20(13-21(28-23(22)35-29-16)18-8-10-19(27)11-9-18)24(32)31-12-6-7-17(15-31)14-30(5)25(33)34-26(2,3)4/h8-11,13,17H,6-7,12,14-15H2,1-5H3/t17-/m0/s1. The highest BCUT2D eigenvalue weighted by atomic mass is 19.1. The quantitative estimate of drug-likeness (QED) is 0.517. The van der Waals surface area contributed by atoms with Crippen LogP contribution < -0.4 is 0 Å². The van der Waals surface area contributed by atoms with Gasteiger partial charge < -0.3 is 19.1 Å². The SMILES string of the molecule is Cc1noc2nc(-c3ccc(F)cc3)cc(C(=O)N3CCC[C@@H](CN(C)C(=O)OC(C)(C)C)C3)c12. The molecule has 1 saturated heterocycles. The molecule has 4 rings (SSSR count). The molecule has 0 aliphatic carbocycles. The van der Waals surface area contributed by atoms with Crippen molar-refractivity contribution in [2.45, 2.75) is 46.1 Å². The minimum Gasteiger partial charge on any atom is -0.444 e. The van der Waals surface area contributed by atoms with Gasteiger partial charge in [0.05, 0.1) is 22.3 Å². The average Bonchev–Trinajstić information content (AvgIpc) is 3.18. The summed E-state index contributed by atoms with van der Waals surface area (Å²) in [5.41, 5.74) is 1.92. The summed E-state index contributed by atoms with van der Waals surface area (Å²) < 4.78 is 24.3. The van der Waals surface area contributed by atoms with E-state index in [1.807, 2.05) is 25.7 Å². The molecule has 8 nitrogen and oxygen atoms in total. The van der Waals surface area contributed by atoms with E-state index in [0.717, 1.165) is 12.8 Å². The zero-order valence-corrected chi connectivity index (χ0v) is 20.8. The predicted octanol–water partition coefficient (Wildman–Crippen LogP) is 5.06. The molecule has 35 heavy (non-hydrogen) atoms. The third-order valence-corrected chi connectivity index (χ3v) is 6.03. The lowest BCUT2D eigenvalue weighted by atomic mass is 9.96. The molecule has 9 heteroatoms.